The number of aliphatic carboxylic acids is 1. The third kappa shape index (κ3) is 3.75. The predicted octanol–water partition coefficient (Wildman–Crippen LogP) is 0.822. The van der Waals surface area contributed by atoms with E-state index in [1.807, 2.05) is 0 Å². The van der Waals surface area contributed by atoms with Gasteiger partial charge in [-0.3, -0.25) is 4.79 Å². The first-order valence-corrected chi connectivity index (χ1v) is 4.25. The third-order valence-corrected chi connectivity index (χ3v) is 2.33. The molecule has 0 aromatic carbocycles. The number of carboxylic acids is 1. The molecular formula is C7H11NO4SY-2. The van der Waals surface area contributed by atoms with Crippen LogP contribution in [0.25, 0.3) is 0 Å². The number of methoxy groups -OCH3 is 1. The van der Waals surface area contributed by atoms with Crippen molar-refractivity contribution >= 4 is 23.8 Å². The first kappa shape index (κ1) is 16.6. The van der Waals surface area contributed by atoms with Gasteiger partial charge in [-0.1, -0.05) is 0 Å². The predicted molar refractivity (Wildman–Crippen MR) is 48.8 cm³/mol. The van der Waals surface area contributed by atoms with Gasteiger partial charge < -0.3 is 33.9 Å². The van der Waals surface area contributed by atoms with Gasteiger partial charge in [-0.05, 0) is 5.75 Å². The zero-order valence-corrected chi connectivity index (χ0v) is 11.6. The van der Waals surface area contributed by atoms with Gasteiger partial charge in [0.25, 0.3) is 0 Å². The van der Waals surface area contributed by atoms with Gasteiger partial charge in [-0.2, -0.15) is 5.88 Å². The average molecular weight is 294 g/mol. The van der Waals surface area contributed by atoms with E-state index in [-0.39, 0.29) is 40.1 Å². The third-order valence-electron chi connectivity index (χ3n) is 1.45. The minimum Gasteiger partial charge on any atom is -0.480 e. The van der Waals surface area contributed by atoms with Crippen molar-refractivity contribution in [2.24, 2.45) is 0 Å². The molecule has 0 bridgehead atoms. The Balaban J connectivity index is 0. The minimum absolute atomic E-state index is 0. The largest absolute Gasteiger partial charge is 0.480 e. The summed E-state index contributed by atoms with van der Waals surface area (Å²) in [6.07, 6.45) is -0.632. The van der Waals surface area contributed by atoms with Crippen molar-refractivity contribution in [2.45, 2.75) is 6.04 Å². The first-order chi connectivity index (χ1) is 5.66. The summed E-state index contributed by atoms with van der Waals surface area (Å²) in [5, 5.41) is 8.65. The summed E-state index contributed by atoms with van der Waals surface area (Å²) < 4.78 is 4.39. The topological polar surface area (TPSA) is 66.8 Å². The van der Waals surface area contributed by atoms with Crippen LogP contribution in [0, 0.1) is 13.3 Å². The number of carbonyl (C=O) groups excluding carboxylic acids is 1. The zero-order valence-electron chi connectivity index (χ0n) is 7.97. The van der Waals surface area contributed by atoms with E-state index in [9.17, 15) is 9.59 Å². The number of carboxylic acid groups (broad SMARTS) is 1. The van der Waals surface area contributed by atoms with Gasteiger partial charge in [0.15, 0.2) is 0 Å². The van der Waals surface area contributed by atoms with E-state index >= 15 is 0 Å². The number of amides is 1. The van der Waals surface area contributed by atoms with E-state index in [0.717, 1.165) is 4.90 Å². The van der Waals surface area contributed by atoms with Crippen molar-refractivity contribution in [2.75, 3.05) is 12.9 Å². The summed E-state index contributed by atoms with van der Waals surface area (Å²) in [5.74, 6) is 0.830. The Kier molecular flexibility index (Phi) is 8.88. The van der Waals surface area contributed by atoms with Crippen molar-refractivity contribution in [1.29, 1.82) is 0 Å². The number of ether oxygens (including phenoxy) is 1. The summed E-state index contributed by atoms with van der Waals surface area (Å²) in [6, 6.07) is -0.789. The van der Waals surface area contributed by atoms with Gasteiger partial charge in [-0.15, -0.1) is 0 Å². The fourth-order valence-electron chi connectivity index (χ4n) is 0.834. The van der Waals surface area contributed by atoms with Crippen molar-refractivity contribution < 1.29 is 52.1 Å². The van der Waals surface area contributed by atoms with Crippen molar-refractivity contribution in [3.8, 4) is 0 Å². The van der Waals surface area contributed by atoms with Gasteiger partial charge in [-0.25, -0.2) is 4.79 Å². The van der Waals surface area contributed by atoms with Crippen LogP contribution in [0.5, 0.6) is 0 Å². The molecule has 1 aliphatic rings. The van der Waals surface area contributed by atoms with Crippen molar-refractivity contribution in [1.82, 2.24) is 4.90 Å². The summed E-state index contributed by atoms with van der Waals surface area (Å²) in [5.41, 5.74) is 0. The molecule has 79 valence electrons. The monoisotopic (exact) mass is 294 g/mol. The number of hydrogen-bond donors (Lipinski definition) is 1. The molecule has 0 aromatic rings. The molecule has 14 heavy (non-hydrogen) atoms. The van der Waals surface area contributed by atoms with Crippen LogP contribution in [0.1, 0.15) is 0 Å². The van der Waals surface area contributed by atoms with E-state index in [4.69, 9.17) is 5.11 Å². The number of rotatable bonds is 1. The molecule has 1 N–H and O–H groups in total. The molecule has 1 unspecified atom stereocenters. The van der Waals surface area contributed by atoms with E-state index in [1.54, 1.807) is 0 Å². The van der Waals surface area contributed by atoms with Gasteiger partial charge >= 0.3 is 12.1 Å². The van der Waals surface area contributed by atoms with Crippen molar-refractivity contribution in [3.05, 3.63) is 13.3 Å². The van der Waals surface area contributed by atoms with Gasteiger partial charge in [0.05, 0.1) is 7.11 Å². The summed E-state index contributed by atoms with van der Waals surface area (Å²) in [6.45, 7) is 0. The van der Waals surface area contributed by atoms with Crippen LogP contribution in [0.3, 0.4) is 0 Å². The quantitative estimate of drug-likeness (QED) is 0.725. The zero-order chi connectivity index (χ0) is 9.14. The summed E-state index contributed by atoms with van der Waals surface area (Å²) in [7, 11) is 1.22. The molecule has 7 heteroatoms. The second-order valence-electron chi connectivity index (χ2n) is 2.17. The van der Waals surface area contributed by atoms with Crippen LogP contribution < -0.4 is 0 Å². The number of carbonyl (C=O) groups is 2. The Morgan fingerprint density at radius 3 is 2.64 bits per heavy atom. The van der Waals surface area contributed by atoms with E-state index in [1.165, 1.54) is 24.7 Å². The van der Waals surface area contributed by atoms with Gasteiger partial charge in [0.1, 0.15) is 6.04 Å². The molecule has 1 saturated heterocycles. The molecule has 1 aliphatic heterocycles. The Bertz CT molecular complexity index is 214. The molecule has 5 nitrogen and oxygen atoms in total. The van der Waals surface area contributed by atoms with Crippen LogP contribution in [0.15, 0.2) is 0 Å². The number of nitrogens with zero attached hydrogens (tertiary/aromatic N) is 1. The standard InChI is InChI=1S/C6H8NO4S.CH3.Y/c1-11-6(10)7-3-12-2-4(7)5(8)9;;/h3-4H,2H2,1H3,(H,8,9);1H3;/q2*-1;. The second-order valence-corrected chi connectivity index (χ2v) is 3.05. The molecule has 0 saturated carbocycles. The molecule has 1 amide bonds. The minimum atomic E-state index is -1.01. The SMILES string of the molecule is COC(=O)N1[CH-]SCC1C(=O)O.[CH3-].[Y]. The maximum absolute atomic E-state index is 10.9. The summed E-state index contributed by atoms with van der Waals surface area (Å²) >= 11 is 1.28. The van der Waals surface area contributed by atoms with E-state index in [0.29, 0.717) is 5.75 Å². The maximum Gasteiger partial charge on any atom is 0.380 e. The van der Waals surface area contributed by atoms with Crippen molar-refractivity contribution in [3.63, 3.8) is 0 Å². The van der Waals surface area contributed by atoms with Crippen LogP contribution >= 0.6 is 11.8 Å². The maximum atomic E-state index is 10.9. The van der Waals surface area contributed by atoms with Crippen LogP contribution in [-0.2, 0) is 42.2 Å². The Labute approximate surface area is 112 Å². The Morgan fingerprint density at radius 1 is 1.64 bits per heavy atom. The number of thioether (sulfide) groups is 1. The molecule has 0 aliphatic carbocycles. The fraction of sp³-hybridized carbons (Fsp3) is 0.429. The molecule has 1 rings (SSSR count). The van der Waals surface area contributed by atoms with Gasteiger partial charge in [0.2, 0.25) is 0 Å². The van der Waals surface area contributed by atoms with Crippen LogP contribution in [-0.4, -0.2) is 41.0 Å². The van der Waals surface area contributed by atoms with Gasteiger partial charge in [0, 0.05) is 32.7 Å². The Morgan fingerprint density at radius 2 is 2.21 bits per heavy atom. The smallest absolute Gasteiger partial charge is 0.380 e. The second kappa shape index (κ2) is 7.48. The Hall–Kier alpha value is 0.194. The van der Waals surface area contributed by atoms with E-state index in [2.05, 4.69) is 4.74 Å². The normalized spacial score (nSPS) is 19.2. The van der Waals surface area contributed by atoms with E-state index < -0.39 is 18.1 Å². The summed E-state index contributed by atoms with van der Waals surface area (Å²) in [4.78, 5) is 22.6. The molecule has 0 aromatic heterocycles. The molecule has 1 atom stereocenters. The molecule has 0 spiro atoms. The van der Waals surface area contributed by atoms with Crippen LogP contribution in [0.2, 0.25) is 0 Å². The first-order valence-electron chi connectivity index (χ1n) is 3.21. The van der Waals surface area contributed by atoms with Crippen LogP contribution in [0.4, 0.5) is 4.79 Å². The molecule has 1 radical (unpaired) electrons. The molecular weight excluding hydrogens is 283 g/mol. The molecule has 1 heterocycles. The number of hydrogen-bond acceptors (Lipinski definition) is 4. The molecule has 1 fully saturated rings. The fourth-order valence-corrected chi connectivity index (χ4v) is 1.80. The average Bonchev–Trinajstić information content (AvgIpc) is 2.50.